The smallest absolute Gasteiger partial charge is 0.230 e. The summed E-state index contributed by atoms with van der Waals surface area (Å²) >= 11 is 0. The molecule has 1 aliphatic heterocycles. The maximum Gasteiger partial charge on any atom is 0.230 e. The van der Waals surface area contributed by atoms with Crippen molar-refractivity contribution in [3.8, 4) is 0 Å². The highest BCUT2D eigenvalue weighted by Gasteiger charge is 2.43. The van der Waals surface area contributed by atoms with Gasteiger partial charge in [-0.05, 0) is 31.7 Å². The number of nitrogens with one attached hydrogen (secondary N) is 1. The minimum atomic E-state index is -0.158. The van der Waals surface area contributed by atoms with Crippen molar-refractivity contribution in [2.75, 3.05) is 20.1 Å². The lowest BCUT2D eigenvalue weighted by Crippen LogP contribution is -2.50. The topological polar surface area (TPSA) is 32.3 Å². The molecule has 0 spiro atoms. The first-order chi connectivity index (χ1) is 7.74. The molecule has 1 rings (SSSR count). The van der Waals surface area contributed by atoms with E-state index < -0.39 is 0 Å². The molecule has 1 fully saturated rings. The SMILES string of the molecule is CCC1(C(=O)N(C)C(C)C(C)(C)C)CCNC1. The standard InChI is InChI=1S/C14H28N2O/c1-7-14(8-9-15-10-14)12(17)16(6)11(2)13(3,4)5/h11,15H,7-10H2,1-6H3. The molecule has 0 aromatic heterocycles. The number of nitrogens with zero attached hydrogens (tertiary/aromatic N) is 1. The number of hydrogen-bond acceptors (Lipinski definition) is 2. The van der Waals surface area contributed by atoms with E-state index in [1.165, 1.54) is 0 Å². The molecule has 0 saturated carbocycles. The van der Waals surface area contributed by atoms with Crippen LogP contribution < -0.4 is 5.32 Å². The maximum absolute atomic E-state index is 12.7. The van der Waals surface area contributed by atoms with Gasteiger partial charge in [-0.3, -0.25) is 4.79 Å². The van der Waals surface area contributed by atoms with Crippen LogP contribution in [0.1, 0.15) is 47.5 Å². The highest BCUT2D eigenvalue weighted by atomic mass is 16.2. The largest absolute Gasteiger partial charge is 0.342 e. The zero-order chi connectivity index (χ0) is 13.3. The van der Waals surface area contributed by atoms with E-state index in [2.05, 4.69) is 39.9 Å². The number of carbonyl (C=O) groups excluding carboxylic acids is 1. The van der Waals surface area contributed by atoms with Gasteiger partial charge in [-0.2, -0.15) is 0 Å². The summed E-state index contributed by atoms with van der Waals surface area (Å²) in [5.41, 5.74) is -0.0281. The first-order valence-corrected chi connectivity index (χ1v) is 6.72. The lowest BCUT2D eigenvalue weighted by atomic mass is 9.80. The highest BCUT2D eigenvalue weighted by Crippen LogP contribution is 2.34. The van der Waals surface area contributed by atoms with Gasteiger partial charge in [-0.1, -0.05) is 27.7 Å². The van der Waals surface area contributed by atoms with Crippen molar-refractivity contribution in [1.29, 1.82) is 0 Å². The van der Waals surface area contributed by atoms with Gasteiger partial charge in [0.05, 0.1) is 5.41 Å². The molecular weight excluding hydrogens is 212 g/mol. The van der Waals surface area contributed by atoms with Crippen LogP contribution in [-0.4, -0.2) is 37.0 Å². The fourth-order valence-electron chi connectivity index (χ4n) is 2.51. The average molecular weight is 240 g/mol. The molecule has 0 aromatic carbocycles. The quantitative estimate of drug-likeness (QED) is 0.821. The summed E-state index contributed by atoms with van der Waals surface area (Å²) in [6.45, 7) is 12.6. The molecule has 1 amide bonds. The van der Waals surface area contributed by atoms with Crippen molar-refractivity contribution in [3.05, 3.63) is 0 Å². The van der Waals surface area contributed by atoms with Gasteiger partial charge >= 0.3 is 0 Å². The van der Waals surface area contributed by atoms with Crippen molar-refractivity contribution >= 4 is 5.91 Å². The number of amides is 1. The van der Waals surface area contributed by atoms with Gasteiger partial charge < -0.3 is 10.2 Å². The van der Waals surface area contributed by atoms with E-state index >= 15 is 0 Å². The second-order valence-electron chi connectivity index (χ2n) is 6.52. The van der Waals surface area contributed by atoms with E-state index in [1.807, 2.05) is 11.9 Å². The Morgan fingerprint density at radius 3 is 2.41 bits per heavy atom. The normalized spacial score (nSPS) is 26.9. The Bertz CT molecular complexity index is 274. The fraction of sp³-hybridized carbons (Fsp3) is 0.929. The Morgan fingerprint density at radius 2 is 2.06 bits per heavy atom. The summed E-state index contributed by atoms with van der Waals surface area (Å²) in [6.07, 6.45) is 1.91. The molecule has 0 aromatic rings. The van der Waals surface area contributed by atoms with Crippen LogP contribution in [0, 0.1) is 10.8 Å². The summed E-state index contributed by atoms with van der Waals surface area (Å²) in [5, 5.41) is 3.33. The summed E-state index contributed by atoms with van der Waals surface area (Å²) in [6, 6.07) is 0.263. The molecule has 1 aliphatic rings. The second kappa shape index (κ2) is 4.97. The fourth-order valence-corrected chi connectivity index (χ4v) is 2.51. The van der Waals surface area contributed by atoms with E-state index in [1.54, 1.807) is 0 Å². The van der Waals surface area contributed by atoms with E-state index in [4.69, 9.17) is 0 Å². The lowest BCUT2D eigenvalue weighted by Gasteiger charge is -2.40. The van der Waals surface area contributed by atoms with Crippen LogP contribution >= 0.6 is 0 Å². The molecule has 1 N–H and O–H groups in total. The Morgan fingerprint density at radius 1 is 1.47 bits per heavy atom. The molecule has 3 nitrogen and oxygen atoms in total. The predicted octanol–water partition coefficient (Wildman–Crippen LogP) is 2.27. The van der Waals surface area contributed by atoms with Crippen molar-refractivity contribution in [1.82, 2.24) is 10.2 Å². The average Bonchev–Trinajstić information content (AvgIpc) is 2.74. The number of carbonyl (C=O) groups is 1. The first-order valence-electron chi connectivity index (χ1n) is 6.72. The third kappa shape index (κ3) is 2.82. The Balaban J connectivity index is 2.82. The summed E-state index contributed by atoms with van der Waals surface area (Å²) < 4.78 is 0. The third-order valence-electron chi connectivity index (χ3n) is 4.53. The molecule has 2 atom stereocenters. The molecule has 0 bridgehead atoms. The van der Waals surface area contributed by atoms with Gasteiger partial charge in [0.25, 0.3) is 0 Å². The minimum absolute atomic E-state index is 0.130. The van der Waals surface area contributed by atoms with Crippen LogP contribution in [0.3, 0.4) is 0 Å². The Kier molecular flexibility index (Phi) is 4.23. The third-order valence-corrected chi connectivity index (χ3v) is 4.53. The van der Waals surface area contributed by atoms with E-state index in [0.717, 1.165) is 25.9 Å². The van der Waals surface area contributed by atoms with Crippen LogP contribution in [0.15, 0.2) is 0 Å². The number of hydrogen-bond donors (Lipinski definition) is 1. The lowest BCUT2D eigenvalue weighted by molar-refractivity contribution is -0.144. The number of rotatable bonds is 3. The molecule has 3 heteroatoms. The van der Waals surface area contributed by atoms with Gasteiger partial charge in [-0.25, -0.2) is 0 Å². The highest BCUT2D eigenvalue weighted by molar-refractivity contribution is 5.83. The zero-order valence-electron chi connectivity index (χ0n) is 12.3. The molecule has 2 unspecified atom stereocenters. The van der Waals surface area contributed by atoms with Crippen molar-refractivity contribution in [2.45, 2.75) is 53.5 Å². The minimum Gasteiger partial charge on any atom is -0.342 e. The molecular formula is C14H28N2O. The van der Waals surface area contributed by atoms with Crippen LogP contribution in [0.25, 0.3) is 0 Å². The van der Waals surface area contributed by atoms with Gasteiger partial charge in [0.15, 0.2) is 0 Å². The summed E-state index contributed by atoms with van der Waals surface area (Å²) in [5.74, 6) is 0.312. The second-order valence-corrected chi connectivity index (χ2v) is 6.52. The Labute approximate surface area is 106 Å². The molecule has 0 radical (unpaired) electrons. The van der Waals surface area contributed by atoms with Crippen LogP contribution in [0.2, 0.25) is 0 Å². The van der Waals surface area contributed by atoms with E-state index in [-0.39, 0.29) is 16.9 Å². The Hall–Kier alpha value is -0.570. The predicted molar refractivity (Wildman–Crippen MR) is 71.9 cm³/mol. The van der Waals surface area contributed by atoms with Gasteiger partial charge in [0, 0.05) is 19.6 Å². The summed E-state index contributed by atoms with van der Waals surface area (Å²) in [7, 11) is 1.95. The van der Waals surface area contributed by atoms with E-state index in [0.29, 0.717) is 5.91 Å². The monoisotopic (exact) mass is 240 g/mol. The zero-order valence-corrected chi connectivity index (χ0v) is 12.3. The van der Waals surface area contributed by atoms with Gasteiger partial charge in [0.1, 0.15) is 0 Å². The first kappa shape index (κ1) is 14.5. The molecule has 100 valence electrons. The van der Waals surface area contributed by atoms with Crippen LogP contribution in [-0.2, 0) is 4.79 Å². The maximum atomic E-state index is 12.7. The van der Waals surface area contributed by atoms with Gasteiger partial charge in [-0.15, -0.1) is 0 Å². The molecule has 1 saturated heterocycles. The molecule has 17 heavy (non-hydrogen) atoms. The van der Waals surface area contributed by atoms with Gasteiger partial charge in [0.2, 0.25) is 5.91 Å². The molecule has 0 aliphatic carbocycles. The van der Waals surface area contributed by atoms with Crippen molar-refractivity contribution in [2.24, 2.45) is 10.8 Å². The van der Waals surface area contributed by atoms with Crippen molar-refractivity contribution in [3.63, 3.8) is 0 Å². The van der Waals surface area contributed by atoms with E-state index in [9.17, 15) is 4.79 Å². The molecule has 1 heterocycles. The summed E-state index contributed by atoms with van der Waals surface area (Å²) in [4.78, 5) is 14.6. The van der Waals surface area contributed by atoms with Crippen LogP contribution in [0.4, 0.5) is 0 Å². The van der Waals surface area contributed by atoms with Crippen LogP contribution in [0.5, 0.6) is 0 Å². The van der Waals surface area contributed by atoms with Crippen molar-refractivity contribution < 1.29 is 4.79 Å².